The van der Waals surface area contributed by atoms with Crippen molar-refractivity contribution in [1.29, 1.82) is 0 Å². The fourth-order valence-electron chi connectivity index (χ4n) is 1.72. The number of aromatic carboxylic acids is 1. The Hall–Kier alpha value is -2.04. The second kappa shape index (κ2) is 3.84. The van der Waals surface area contributed by atoms with Crippen molar-refractivity contribution < 1.29 is 14.7 Å². The third-order valence-electron chi connectivity index (χ3n) is 2.48. The Morgan fingerprint density at radius 3 is 2.88 bits per heavy atom. The van der Waals surface area contributed by atoms with E-state index in [1.165, 1.54) is 17.0 Å². The van der Waals surface area contributed by atoms with Gasteiger partial charge in [0.05, 0.1) is 5.56 Å². The number of carboxylic acids is 1. The van der Waals surface area contributed by atoms with Crippen molar-refractivity contribution in [1.82, 2.24) is 5.32 Å². The van der Waals surface area contributed by atoms with Crippen molar-refractivity contribution in [3.8, 4) is 0 Å². The molecule has 0 spiro atoms. The van der Waals surface area contributed by atoms with Crippen LogP contribution < -0.4 is 10.2 Å². The number of hydrogen-bond donors (Lipinski definition) is 2. The van der Waals surface area contributed by atoms with Crippen molar-refractivity contribution in [2.45, 2.75) is 13.0 Å². The molecule has 1 aliphatic heterocycles. The number of rotatable bonds is 2. The first-order chi connectivity index (χ1) is 7.58. The Kier molecular flexibility index (Phi) is 2.52. The SMILES string of the molecule is CC1CN(c2cccc(C(=O)O)c2)C(=O)N1. The third-order valence-corrected chi connectivity index (χ3v) is 2.48. The van der Waals surface area contributed by atoms with E-state index in [4.69, 9.17) is 5.11 Å². The predicted octanol–water partition coefficient (Wildman–Crippen LogP) is 1.30. The molecular weight excluding hydrogens is 208 g/mol. The van der Waals surface area contributed by atoms with Gasteiger partial charge in [-0.1, -0.05) is 6.07 Å². The average Bonchev–Trinajstić information content (AvgIpc) is 2.58. The standard InChI is InChI=1S/C11H12N2O3/c1-7-6-13(11(16)12-7)9-4-2-3-8(5-9)10(14)15/h2-5,7H,6H2,1H3,(H,12,16)(H,14,15). The minimum absolute atomic E-state index is 0.0842. The van der Waals surface area contributed by atoms with Gasteiger partial charge in [-0.25, -0.2) is 9.59 Å². The maximum Gasteiger partial charge on any atom is 0.335 e. The highest BCUT2D eigenvalue weighted by atomic mass is 16.4. The smallest absolute Gasteiger partial charge is 0.335 e. The Labute approximate surface area is 92.7 Å². The minimum Gasteiger partial charge on any atom is -0.478 e. The van der Waals surface area contributed by atoms with E-state index in [2.05, 4.69) is 5.32 Å². The molecule has 1 aromatic rings. The second-order valence-corrected chi connectivity index (χ2v) is 3.82. The number of benzene rings is 1. The van der Waals surface area contributed by atoms with Crippen LogP contribution in [0.25, 0.3) is 0 Å². The highest BCUT2D eigenvalue weighted by Gasteiger charge is 2.26. The van der Waals surface area contributed by atoms with Gasteiger partial charge in [0.1, 0.15) is 0 Å². The number of nitrogens with one attached hydrogen (secondary N) is 1. The van der Waals surface area contributed by atoms with Gasteiger partial charge in [-0.3, -0.25) is 4.90 Å². The zero-order chi connectivity index (χ0) is 11.7. The highest BCUT2D eigenvalue weighted by molar-refractivity contribution is 5.96. The maximum absolute atomic E-state index is 11.5. The highest BCUT2D eigenvalue weighted by Crippen LogP contribution is 2.19. The lowest BCUT2D eigenvalue weighted by Gasteiger charge is -2.14. The molecule has 1 fully saturated rings. The van der Waals surface area contributed by atoms with Crippen LogP contribution in [0.3, 0.4) is 0 Å². The lowest BCUT2D eigenvalue weighted by Crippen LogP contribution is -2.28. The van der Waals surface area contributed by atoms with Crippen molar-refractivity contribution in [3.05, 3.63) is 29.8 Å². The summed E-state index contributed by atoms with van der Waals surface area (Å²) in [6.07, 6.45) is 0. The van der Waals surface area contributed by atoms with Gasteiger partial charge >= 0.3 is 12.0 Å². The Bertz CT molecular complexity index is 445. The second-order valence-electron chi connectivity index (χ2n) is 3.82. The van der Waals surface area contributed by atoms with E-state index in [-0.39, 0.29) is 17.6 Å². The maximum atomic E-state index is 11.5. The topological polar surface area (TPSA) is 69.6 Å². The molecule has 5 nitrogen and oxygen atoms in total. The van der Waals surface area contributed by atoms with Gasteiger partial charge in [0.15, 0.2) is 0 Å². The summed E-state index contributed by atoms with van der Waals surface area (Å²) in [5.41, 5.74) is 0.798. The zero-order valence-corrected chi connectivity index (χ0v) is 8.80. The molecule has 1 unspecified atom stereocenters. The van der Waals surface area contributed by atoms with Gasteiger partial charge in [-0.2, -0.15) is 0 Å². The molecule has 1 aromatic carbocycles. The molecule has 84 valence electrons. The first-order valence-corrected chi connectivity index (χ1v) is 4.99. The average molecular weight is 220 g/mol. The van der Waals surface area contributed by atoms with Crippen molar-refractivity contribution >= 4 is 17.7 Å². The number of urea groups is 1. The Balaban J connectivity index is 2.30. The van der Waals surface area contributed by atoms with Crippen LogP contribution in [0.2, 0.25) is 0 Å². The van der Waals surface area contributed by atoms with Gasteiger partial charge in [0.25, 0.3) is 0 Å². The molecule has 1 heterocycles. The van der Waals surface area contributed by atoms with Crippen LogP contribution in [-0.4, -0.2) is 29.7 Å². The molecule has 0 radical (unpaired) electrons. The van der Waals surface area contributed by atoms with Crippen LogP contribution >= 0.6 is 0 Å². The van der Waals surface area contributed by atoms with Crippen LogP contribution in [0.15, 0.2) is 24.3 Å². The first kappa shape index (κ1) is 10.5. The summed E-state index contributed by atoms with van der Waals surface area (Å²) in [5.74, 6) is -0.991. The van der Waals surface area contributed by atoms with E-state index >= 15 is 0 Å². The number of hydrogen-bond acceptors (Lipinski definition) is 2. The normalized spacial score (nSPS) is 19.7. The summed E-state index contributed by atoms with van der Waals surface area (Å²) in [4.78, 5) is 23.9. The molecule has 1 atom stereocenters. The quantitative estimate of drug-likeness (QED) is 0.789. The van der Waals surface area contributed by atoms with Crippen molar-refractivity contribution in [2.75, 3.05) is 11.4 Å². The van der Waals surface area contributed by atoms with Crippen LogP contribution in [0, 0.1) is 0 Å². The number of nitrogens with zero attached hydrogens (tertiary/aromatic N) is 1. The molecule has 16 heavy (non-hydrogen) atoms. The lowest BCUT2D eigenvalue weighted by atomic mass is 10.2. The summed E-state index contributed by atoms with van der Waals surface area (Å²) in [6, 6.07) is 6.26. The summed E-state index contributed by atoms with van der Waals surface area (Å²) < 4.78 is 0. The van der Waals surface area contributed by atoms with Gasteiger partial charge < -0.3 is 10.4 Å². The zero-order valence-electron chi connectivity index (χ0n) is 8.80. The summed E-state index contributed by atoms with van der Waals surface area (Å²) >= 11 is 0. The van der Waals surface area contributed by atoms with Gasteiger partial charge in [0.2, 0.25) is 0 Å². The molecule has 0 bridgehead atoms. The van der Waals surface area contributed by atoms with Crippen LogP contribution in [-0.2, 0) is 0 Å². The van der Waals surface area contributed by atoms with Crippen molar-refractivity contribution in [3.63, 3.8) is 0 Å². The van der Waals surface area contributed by atoms with Crippen LogP contribution in [0.1, 0.15) is 17.3 Å². The minimum atomic E-state index is -0.991. The molecular formula is C11H12N2O3. The molecule has 2 rings (SSSR count). The molecule has 0 aromatic heterocycles. The molecule has 1 aliphatic rings. The van der Waals surface area contributed by atoms with Gasteiger partial charge in [0, 0.05) is 18.3 Å². The van der Waals surface area contributed by atoms with Crippen LogP contribution in [0.5, 0.6) is 0 Å². The fourth-order valence-corrected chi connectivity index (χ4v) is 1.72. The molecule has 2 N–H and O–H groups in total. The van der Waals surface area contributed by atoms with Crippen LogP contribution in [0.4, 0.5) is 10.5 Å². The number of carbonyl (C=O) groups excluding carboxylic acids is 1. The van der Waals surface area contributed by atoms with E-state index in [0.29, 0.717) is 12.2 Å². The molecule has 0 saturated carbocycles. The number of carboxylic acid groups (broad SMARTS) is 1. The third kappa shape index (κ3) is 1.84. The van der Waals surface area contributed by atoms with E-state index in [0.717, 1.165) is 0 Å². The van der Waals surface area contributed by atoms with Crippen molar-refractivity contribution in [2.24, 2.45) is 0 Å². The Morgan fingerprint density at radius 1 is 1.56 bits per heavy atom. The fraction of sp³-hybridized carbons (Fsp3) is 0.273. The van der Waals surface area contributed by atoms with E-state index in [1.807, 2.05) is 6.92 Å². The summed E-state index contributed by atoms with van der Waals surface area (Å²) in [6.45, 7) is 2.46. The Morgan fingerprint density at radius 2 is 2.31 bits per heavy atom. The van der Waals surface area contributed by atoms with Gasteiger partial charge in [-0.05, 0) is 25.1 Å². The molecule has 1 saturated heterocycles. The largest absolute Gasteiger partial charge is 0.478 e. The monoisotopic (exact) mass is 220 g/mol. The number of anilines is 1. The van der Waals surface area contributed by atoms with Gasteiger partial charge in [-0.15, -0.1) is 0 Å². The summed E-state index contributed by atoms with van der Waals surface area (Å²) in [5, 5.41) is 11.6. The number of carbonyl (C=O) groups is 2. The lowest BCUT2D eigenvalue weighted by molar-refractivity contribution is 0.0697. The number of amides is 2. The molecule has 5 heteroatoms. The molecule has 0 aliphatic carbocycles. The van der Waals surface area contributed by atoms with E-state index in [1.54, 1.807) is 12.1 Å². The summed E-state index contributed by atoms with van der Waals surface area (Å²) in [7, 11) is 0. The first-order valence-electron chi connectivity index (χ1n) is 4.99. The van der Waals surface area contributed by atoms with E-state index < -0.39 is 5.97 Å². The molecule has 2 amide bonds. The predicted molar refractivity (Wildman–Crippen MR) is 58.7 cm³/mol. The van der Waals surface area contributed by atoms with E-state index in [9.17, 15) is 9.59 Å².